The Hall–Kier alpha value is -0.350. The quantitative estimate of drug-likeness (QED) is 0.824. The highest BCUT2D eigenvalue weighted by Crippen LogP contribution is 2.43. The SMILES string of the molecule is CCCn1ncc(Br)c1C1CC(C)CCC1CNC1CC1. The molecule has 1 heterocycles. The molecule has 1 N–H and O–H groups in total. The van der Waals surface area contributed by atoms with Crippen molar-refractivity contribution >= 4 is 15.9 Å². The number of hydrogen-bond acceptors (Lipinski definition) is 2. The summed E-state index contributed by atoms with van der Waals surface area (Å²) >= 11 is 3.76. The minimum absolute atomic E-state index is 0.656. The van der Waals surface area contributed by atoms with Crippen LogP contribution in [0.2, 0.25) is 0 Å². The van der Waals surface area contributed by atoms with Crippen molar-refractivity contribution in [2.45, 2.75) is 70.9 Å². The summed E-state index contributed by atoms with van der Waals surface area (Å²) in [5.74, 6) is 2.26. The molecule has 2 aliphatic carbocycles. The summed E-state index contributed by atoms with van der Waals surface area (Å²) in [6.45, 7) is 6.86. The Morgan fingerprint density at radius 2 is 2.14 bits per heavy atom. The first-order chi connectivity index (χ1) is 10.2. The molecule has 3 unspecified atom stereocenters. The third kappa shape index (κ3) is 3.70. The van der Waals surface area contributed by atoms with Crippen LogP contribution in [0.4, 0.5) is 0 Å². The summed E-state index contributed by atoms with van der Waals surface area (Å²) < 4.78 is 3.46. The number of nitrogens with one attached hydrogen (secondary N) is 1. The van der Waals surface area contributed by atoms with Crippen molar-refractivity contribution in [2.24, 2.45) is 11.8 Å². The van der Waals surface area contributed by atoms with Crippen molar-refractivity contribution in [1.82, 2.24) is 15.1 Å². The summed E-state index contributed by atoms with van der Waals surface area (Å²) in [6, 6.07) is 0.814. The highest BCUT2D eigenvalue weighted by molar-refractivity contribution is 9.10. The lowest BCUT2D eigenvalue weighted by molar-refractivity contribution is 0.231. The van der Waals surface area contributed by atoms with E-state index >= 15 is 0 Å². The van der Waals surface area contributed by atoms with Gasteiger partial charge in [-0.2, -0.15) is 5.10 Å². The number of nitrogens with zero attached hydrogens (tertiary/aromatic N) is 2. The Morgan fingerprint density at radius 1 is 1.33 bits per heavy atom. The van der Waals surface area contributed by atoms with Crippen LogP contribution in [0.3, 0.4) is 0 Å². The molecule has 3 nitrogen and oxygen atoms in total. The van der Waals surface area contributed by atoms with Crippen LogP contribution in [0.5, 0.6) is 0 Å². The first-order valence-corrected chi connectivity index (χ1v) is 9.43. The predicted molar refractivity (Wildman–Crippen MR) is 90.5 cm³/mol. The van der Waals surface area contributed by atoms with Crippen molar-refractivity contribution in [3.05, 3.63) is 16.4 Å². The highest BCUT2D eigenvalue weighted by atomic mass is 79.9. The lowest BCUT2D eigenvalue weighted by Gasteiger charge is -2.36. The number of hydrogen-bond donors (Lipinski definition) is 1. The molecule has 0 bridgehead atoms. The molecule has 3 rings (SSSR count). The van der Waals surface area contributed by atoms with Gasteiger partial charge in [0.05, 0.1) is 16.4 Å². The van der Waals surface area contributed by atoms with Gasteiger partial charge in [-0.25, -0.2) is 0 Å². The van der Waals surface area contributed by atoms with Gasteiger partial charge in [-0.05, 0) is 66.4 Å². The fourth-order valence-corrected chi connectivity index (χ4v) is 4.35. The zero-order valence-corrected chi connectivity index (χ0v) is 14.9. The van der Waals surface area contributed by atoms with Crippen LogP contribution >= 0.6 is 15.9 Å². The maximum Gasteiger partial charge on any atom is 0.0635 e. The Balaban J connectivity index is 1.78. The summed E-state index contributed by atoms with van der Waals surface area (Å²) in [5.41, 5.74) is 1.45. The highest BCUT2D eigenvalue weighted by Gasteiger charge is 2.34. The average Bonchev–Trinajstić information content (AvgIpc) is 3.22. The molecule has 1 aromatic rings. The topological polar surface area (TPSA) is 29.9 Å². The average molecular weight is 354 g/mol. The Kier molecular flexibility index (Phi) is 5.05. The first kappa shape index (κ1) is 15.5. The molecule has 2 aliphatic rings. The molecule has 3 atom stereocenters. The van der Waals surface area contributed by atoms with Crippen LogP contribution in [-0.2, 0) is 6.54 Å². The number of halogens is 1. The molecule has 2 saturated carbocycles. The van der Waals surface area contributed by atoms with Crippen molar-refractivity contribution in [2.75, 3.05) is 6.54 Å². The van der Waals surface area contributed by atoms with E-state index in [4.69, 9.17) is 0 Å². The van der Waals surface area contributed by atoms with Gasteiger partial charge in [0.2, 0.25) is 0 Å². The Labute approximate surface area is 137 Å². The minimum Gasteiger partial charge on any atom is -0.314 e. The van der Waals surface area contributed by atoms with Gasteiger partial charge in [-0.3, -0.25) is 4.68 Å². The van der Waals surface area contributed by atoms with Crippen LogP contribution in [0.25, 0.3) is 0 Å². The number of rotatable bonds is 6. The normalized spacial score (nSPS) is 29.8. The van der Waals surface area contributed by atoms with E-state index in [1.165, 1.54) is 48.8 Å². The van der Waals surface area contributed by atoms with Gasteiger partial charge in [0, 0.05) is 18.5 Å². The van der Waals surface area contributed by atoms with Gasteiger partial charge < -0.3 is 5.32 Å². The minimum atomic E-state index is 0.656. The van der Waals surface area contributed by atoms with Gasteiger partial charge in [0.15, 0.2) is 0 Å². The molecule has 118 valence electrons. The van der Waals surface area contributed by atoms with E-state index in [-0.39, 0.29) is 0 Å². The molecule has 0 saturated heterocycles. The van der Waals surface area contributed by atoms with E-state index < -0.39 is 0 Å². The molecular weight excluding hydrogens is 326 g/mol. The zero-order valence-electron chi connectivity index (χ0n) is 13.3. The molecule has 0 aromatic carbocycles. The van der Waals surface area contributed by atoms with E-state index in [2.05, 4.69) is 44.9 Å². The van der Waals surface area contributed by atoms with Crippen molar-refractivity contribution < 1.29 is 0 Å². The van der Waals surface area contributed by atoms with Crippen molar-refractivity contribution in [3.63, 3.8) is 0 Å². The van der Waals surface area contributed by atoms with Gasteiger partial charge in [-0.1, -0.05) is 20.3 Å². The second-order valence-corrected chi connectivity index (χ2v) is 7.92. The van der Waals surface area contributed by atoms with Crippen LogP contribution < -0.4 is 5.32 Å². The smallest absolute Gasteiger partial charge is 0.0635 e. The summed E-state index contributed by atoms with van der Waals surface area (Å²) in [4.78, 5) is 0. The lowest BCUT2D eigenvalue weighted by Crippen LogP contribution is -2.33. The molecule has 1 aromatic heterocycles. The summed E-state index contributed by atoms with van der Waals surface area (Å²) in [7, 11) is 0. The fourth-order valence-electron chi connectivity index (χ4n) is 3.76. The van der Waals surface area contributed by atoms with Crippen LogP contribution in [0, 0.1) is 11.8 Å². The molecule has 2 fully saturated rings. The Morgan fingerprint density at radius 3 is 2.86 bits per heavy atom. The molecule has 0 spiro atoms. The van der Waals surface area contributed by atoms with Gasteiger partial charge in [0.1, 0.15) is 0 Å². The first-order valence-electron chi connectivity index (χ1n) is 8.63. The monoisotopic (exact) mass is 353 g/mol. The van der Waals surface area contributed by atoms with E-state index in [0.29, 0.717) is 5.92 Å². The molecule has 21 heavy (non-hydrogen) atoms. The van der Waals surface area contributed by atoms with Crippen molar-refractivity contribution in [1.29, 1.82) is 0 Å². The van der Waals surface area contributed by atoms with Gasteiger partial charge in [-0.15, -0.1) is 0 Å². The number of aryl methyl sites for hydroxylation is 1. The largest absolute Gasteiger partial charge is 0.314 e. The maximum absolute atomic E-state index is 4.60. The third-order valence-corrected chi connectivity index (χ3v) is 5.73. The second-order valence-electron chi connectivity index (χ2n) is 7.07. The van der Waals surface area contributed by atoms with E-state index in [1.54, 1.807) is 0 Å². The lowest BCUT2D eigenvalue weighted by atomic mass is 9.73. The second kappa shape index (κ2) is 6.82. The predicted octanol–water partition coefficient (Wildman–Crippen LogP) is 4.33. The van der Waals surface area contributed by atoms with Gasteiger partial charge >= 0.3 is 0 Å². The van der Waals surface area contributed by atoms with Crippen LogP contribution in [0.1, 0.15) is 64.0 Å². The molecule has 0 radical (unpaired) electrons. The van der Waals surface area contributed by atoms with Crippen LogP contribution in [0.15, 0.2) is 10.7 Å². The Bertz CT molecular complexity index is 467. The summed E-state index contributed by atoms with van der Waals surface area (Å²) in [5, 5.41) is 8.36. The third-order valence-electron chi connectivity index (χ3n) is 5.12. The van der Waals surface area contributed by atoms with E-state index in [9.17, 15) is 0 Å². The zero-order chi connectivity index (χ0) is 14.8. The fraction of sp³-hybridized carbons (Fsp3) is 0.824. The number of aromatic nitrogens is 2. The van der Waals surface area contributed by atoms with Gasteiger partial charge in [0.25, 0.3) is 0 Å². The van der Waals surface area contributed by atoms with E-state index in [1.807, 2.05) is 6.20 Å². The molecule has 0 aliphatic heterocycles. The molecule has 4 heteroatoms. The van der Waals surface area contributed by atoms with E-state index in [0.717, 1.165) is 30.8 Å². The molecule has 0 amide bonds. The maximum atomic E-state index is 4.60. The van der Waals surface area contributed by atoms with Crippen LogP contribution in [-0.4, -0.2) is 22.4 Å². The van der Waals surface area contributed by atoms with Crippen molar-refractivity contribution in [3.8, 4) is 0 Å². The molecular formula is C17H28BrN3. The summed E-state index contributed by atoms with van der Waals surface area (Å²) in [6.07, 6.45) is 9.95. The standard InChI is InChI=1S/C17H28BrN3/c1-3-8-21-17(16(18)11-20-21)15-9-12(2)4-5-13(15)10-19-14-6-7-14/h11-15,19H,3-10H2,1-2H3.